The number of carboxylic acid groups (broad SMARTS) is 1. The first-order chi connectivity index (χ1) is 13.8. The number of rotatable bonds is 7. The molecule has 0 aliphatic carbocycles. The average Bonchev–Trinajstić information content (AvgIpc) is 2.94. The summed E-state index contributed by atoms with van der Waals surface area (Å²) in [7, 11) is 0. The average molecular weight is 434 g/mol. The van der Waals surface area contributed by atoms with Crippen LogP contribution in [0.2, 0.25) is 0 Å². The Morgan fingerprint density at radius 3 is 2.86 bits per heavy atom. The number of aromatic nitrogens is 2. The van der Waals surface area contributed by atoms with Crippen LogP contribution in [0.25, 0.3) is 11.7 Å². The molecule has 1 aliphatic rings. The van der Waals surface area contributed by atoms with Crippen LogP contribution in [-0.2, 0) is 9.59 Å². The number of fused-ring (bicyclic) bond motifs is 1. The number of nitrogens with one attached hydrogen (secondary N) is 1. The Morgan fingerprint density at radius 1 is 1.41 bits per heavy atom. The van der Waals surface area contributed by atoms with Crippen LogP contribution in [0, 0.1) is 6.92 Å². The van der Waals surface area contributed by atoms with Crippen molar-refractivity contribution in [2.45, 2.75) is 13.3 Å². The lowest BCUT2D eigenvalue weighted by Gasteiger charge is -2.12. The zero-order valence-electron chi connectivity index (χ0n) is 15.4. The monoisotopic (exact) mass is 434 g/mol. The summed E-state index contributed by atoms with van der Waals surface area (Å²) in [5.74, 6) is -1.25. The number of pyridine rings is 1. The standard InChI is InChI=1S/C18H18N4O5S2/c1-10-3-2-6-21-15(10)20-14(19-5-8-23)11(16(21)26)9-12-17(27)22(18(28)29-12)7-4-13(24)25/h2-3,6,9,19,23H,4-5,7-8H2,1H3,(H,24,25). The number of anilines is 1. The zero-order chi connectivity index (χ0) is 21.1. The molecule has 3 N–H and O–H groups in total. The number of thioether (sulfide) groups is 1. The van der Waals surface area contributed by atoms with Crippen LogP contribution >= 0.6 is 24.0 Å². The molecule has 0 unspecified atom stereocenters. The van der Waals surface area contributed by atoms with Gasteiger partial charge < -0.3 is 15.5 Å². The second-order valence-corrected chi connectivity index (χ2v) is 7.87. The van der Waals surface area contributed by atoms with E-state index < -0.39 is 11.9 Å². The number of aryl methyl sites for hydroxylation is 1. The second-order valence-electron chi connectivity index (χ2n) is 6.19. The highest BCUT2D eigenvalue weighted by Crippen LogP contribution is 2.33. The van der Waals surface area contributed by atoms with Gasteiger partial charge in [0, 0.05) is 19.3 Å². The SMILES string of the molecule is Cc1cccn2c(=O)c(C=C3SC(=S)N(CCC(=O)O)C3=O)c(NCCO)nc12. The van der Waals surface area contributed by atoms with Gasteiger partial charge in [-0.25, -0.2) is 4.98 Å². The van der Waals surface area contributed by atoms with Gasteiger partial charge in [0.2, 0.25) is 0 Å². The van der Waals surface area contributed by atoms with E-state index in [1.54, 1.807) is 12.3 Å². The van der Waals surface area contributed by atoms with Gasteiger partial charge in [0.15, 0.2) is 0 Å². The van der Waals surface area contributed by atoms with Crippen LogP contribution in [0.15, 0.2) is 28.0 Å². The van der Waals surface area contributed by atoms with E-state index in [0.29, 0.717) is 5.65 Å². The molecule has 2 aromatic rings. The van der Waals surface area contributed by atoms with Gasteiger partial charge >= 0.3 is 5.97 Å². The van der Waals surface area contributed by atoms with Crippen LogP contribution in [0.3, 0.4) is 0 Å². The van der Waals surface area contributed by atoms with Gasteiger partial charge in [0.1, 0.15) is 15.8 Å². The van der Waals surface area contributed by atoms with Crippen molar-refractivity contribution in [1.82, 2.24) is 14.3 Å². The molecule has 0 saturated carbocycles. The molecule has 3 heterocycles. The molecular weight excluding hydrogens is 416 g/mol. The lowest BCUT2D eigenvalue weighted by molar-refractivity contribution is -0.137. The fraction of sp³-hybridized carbons (Fsp3) is 0.278. The molecular formula is C18H18N4O5S2. The van der Waals surface area contributed by atoms with E-state index in [4.69, 9.17) is 22.4 Å². The fourth-order valence-electron chi connectivity index (χ4n) is 2.78. The minimum atomic E-state index is -1.04. The fourth-order valence-corrected chi connectivity index (χ4v) is 4.07. The summed E-state index contributed by atoms with van der Waals surface area (Å²) < 4.78 is 1.62. The van der Waals surface area contributed by atoms with E-state index in [2.05, 4.69) is 10.3 Å². The van der Waals surface area contributed by atoms with E-state index in [9.17, 15) is 14.4 Å². The van der Waals surface area contributed by atoms with Gasteiger partial charge in [-0.2, -0.15) is 0 Å². The van der Waals surface area contributed by atoms with E-state index in [1.807, 2.05) is 13.0 Å². The highest BCUT2D eigenvalue weighted by molar-refractivity contribution is 8.26. The summed E-state index contributed by atoms with van der Waals surface area (Å²) in [4.78, 5) is 42.4. The summed E-state index contributed by atoms with van der Waals surface area (Å²) >= 11 is 6.18. The zero-order valence-corrected chi connectivity index (χ0v) is 17.0. The molecule has 0 spiro atoms. The topological polar surface area (TPSA) is 124 Å². The first-order valence-electron chi connectivity index (χ1n) is 8.67. The lowest BCUT2D eigenvalue weighted by Crippen LogP contribution is -2.30. The van der Waals surface area contributed by atoms with Crippen molar-refractivity contribution in [3.63, 3.8) is 0 Å². The number of aliphatic hydroxyl groups is 1. The largest absolute Gasteiger partial charge is 0.481 e. The molecule has 3 rings (SSSR count). The van der Waals surface area contributed by atoms with Crippen molar-refractivity contribution in [3.05, 3.63) is 44.7 Å². The number of nitrogens with zero attached hydrogens (tertiary/aromatic N) is 3. The molecule has 0 aromatic carbocycles. The lowest BCUT2D eigenvalue weighted by atomic mass is 10.2. The number of aliphatic carboxylic acids is 1. The molecule has 1 saturated heterocycles. The smallest absolute Gasteiger partial charge is 0.305 e. The number of carbonyl (C=O) groups is 2. The number of hydrogen-bond donors (Lipinski definition) is 3. The van der Waals surface area contributed by atoms with Gasteiger partial charge in [-0.05, 0) is 24.6 Å². The summed E-state index contributed by atoms with van der Waals surface area (Å²) in [6, 6.07) is 3.55. The van der Waals surface area contributed by atoms with Crippen LogP contribution in [-0.4, -0.2) is 60.4 Å². The summed E-state index contributed by atoms with van der Waals surface area (Å²) in [6.07, 6.45) is 2.76. The van der Waals surface area contributed by atoms with Crippen molar-refractivity contribution in [1.29, 1.82) is 0 Å². The molecule has 9 nitrogen and oxygen atoms in total. The molecule has 1 amide bonds. The minimum Gasteiger partial charge on any atom is -0.481 e. The van der Waals surface area contributed by atoms with Gasteiger partial charge in [0.05, 0.1) is 23.5 Å². The molecule has 29 heavy (non-hydrogen) atoms. The van der Waals surface area contributed by atoms with Crippen molar-refractivity contribution in [3.8, 4) is 0 Å². The number of thiocarbonyl (C=S) groups is 1. The molecule has 2 aromatic heterocycles. The summed E-state index contributed by atoms with van der Waals surface area (Å²) in [6.45, 7) is 1.80. The summed E-state index contributed by atoms with van der Waals surface area (Å²) in [5, 5.41) is 20.9. The summed E-state index contributed by atoms with van der Waals surface area (Å²) in [5.41, 5.74) is 1.03. The van der Waals surface area contributed by atoms with Gasteiger partial charge in [-0.3, -0.25) is 23.7 Å². The van der Waals surface area contributed by atoms with Crippen molar-refractivity contribution in [2.75, 3.05) is 25.0 Å². The van der Waals surface area contributed by atoms with Crippen LogP contribution in [0.4, 0.5) is 5.82 Å². The molecule has 1 fully saturated rings. The molecule has 152 valence electrons. The highest BCUT2D eigenvalue weighted by Gasteiger charge is 2.32. The minimum absolute atomic E-state index is 0.0406. The number of carbonyl (C=O) groups excluding carboxylic acids is 1. The van der Waals surface area contributed by atoms with Gasteiger partial charge in [0.25, 0.3) is 11.5 Å². The Morgan fingerprint density at radius 2 is 2.17 bits per heavy atom. The van der Waals surface area contributed by atoms with E-state index >= 15 is 0 Å². The first-order valence-corrected chi connectivity index (χ1v) is 9.90. The van der Waals surface area contributed by atoms with E-state index in [1.165, 1.54) is 15.4 Å². The maximum absolute atomic E-state index is 13.1. The van der Waals surface area contributed by atoms with Crippen molar-refractivity contribution < 1.29 is 19.8 Å². The quantitative estimate of drug-likeness (QED) is 0.434. The Kier molecular flexibility index (Phi) is 6.30. The number of hydrogen-bond acceptors (Lipinski definition) is 8. The molecule has 11 heteroatoms. The number of aliphatic hydroxyl groups excluding tert-OH is 1. The Bertz CT molecular complexity index is 1100. The first kappa shape index (κ1) is 21.0. The Labute approximate surface area is 175 Å². The van der Waals surface area contributed by atoms with Gasteiger partial charge in [-0.1, -0.05) is 30.0 Å². The number of amides is 1. The third kappa shape index (κ3) is 4.31. The third-order valence-electron chi connectivity index (χ3n) is 4.19. The second kappa shape index (κ2) is 8.72. The van der Waals surface area contributed by atoms with Crippen LogP contribution in [0.1, 0.15) is 17.5 Å². The number of carboxylic acids is 1. The van der Waals surface area contributed by atoms with E-state index in [0.717, 1.165) is 17.3 Å². The highest BCUT2D eigenvalue weighted by atomic mass is 32.2. The van der Waals surface area contributed by atoms with Crippen molar-refractivity contribution >= 4 is 57.7 Å². The van der Waals surface area contributed by atoms with Crippen LogP contribution < -0.4 is 10.9 Å². The Balaban J connectivity index is 2.08. The van der Waals surface area contributed by atoms with Crippen LogP contribution in [0.5, 0.6) is 0 Å². The van der Waals surface area contributed by atoms with Crippen molar-refractivity contribution in [2.24, 2.45) is 0 Å². The van der Waals surface area contributed by atoms with E-state index in [-0.39, 0.29) is 52.3 Å². The molecule has 0 radical (unpaired) electrons. The third-order valence-corrected chi connectivity index (χ3v) is 5.56. The molecule has 0 bridgehead atoms. The van der Waals surface area contributed by atoms with Gasteiger partial charge in [-0.15, -0.1) is 0 Å². The maximum Gasteiger partial charge on any atom is 0.305 e. The Hall–Kier alpha value is -2.76. The normalized spacial score (nSPS) is 15.5. The predicted molar refractivity (Wildman–Crippen MR) is 114 cm³/mol. The molecule has 1 aliphatic heterocycles. The maximum atomic E-state index is 13.1. The molecule has 0 atom stereocenters. The predicted octanol–water partition coefficient (Wildman–Crippen LogP) is 1.08.